The smallest absolute Gasteiger partial charge is 0.222 e. The van der Waals surface area contributed by atoms with Crippen LogP contribution in [0.1, 0.15) is 51.2 Å². The molecule has 2 aliphatic carbocycles. The van der Waals surface area contributed by atoms with E-state index in [-0.39, 0.29) is 28.9 Å². The van der Waals surface area contributed by atoms with Gasteiger partial charge in [0.1, 0.15) is 5.75 Å². The zero-order valence-corrected chi connectivity index (χ0v) is 16.5. The molecule has 3 fully saturated rings. The highest BCUT2D eigenvalue weighted by atomic mass is 16.5. The molecule has 1 aromatic carbocycles. The van der Waals surface area contributed by atoms with Gasteiger partial charge in [0.25, 0.3) is 0 Å². The minimum absolute atomic E-state index is 0.0437. The molecule has 0 radical (unpaired) electrons. The molecule has 2 saturated carbocycles. The fourth-order valence-electron chi connectivity index (χ4n) is 6.25. The molecule has 5 nitrogen and oxygen atoms in total. The lowest BCUT2D eigenvalue weighted by atomic mass is 9.58. The number of benzene rings is 1. The van der Waals surface area contributed by atoms with Crippen molar-refractivity contribution < 1.29 is 19.4 Å². The third-order valence-corrected chi connectivity index (χ3v) is 7.59. The predicted octanol–water partition coefficient (Wildman–Crippen LogP) is 3.43. The van der Waals surface area contributed by atoms with Crippen molar-refractivity contribution in [3.8, 4) is 5.75 Å². The summed E-state index contributed by atoms with van der Waals surface area (Å²) in [5, 5.41) is 13.8. The third-order valence-electron chi connectivity index (χ3n) is 7.59. The van der Waals surface area contributed by atoms with Crippen molar-refractivity contribution in [3.05, 3.63) is 29.8 Å². The first kappa shape index (κ1) is 18.8. The topological polar surface area (TPSA) is 67.8 Å². The number of fused-ring (bicyclic) bond motifs is 1. The Morgan fingerprint density at radius 3 is 2.89 bits per heavy atom. The van der Waals surface area contributed by atoms with Gasteiger partial charge in [0.2, 0.25) is 5.91 Å². The first-order valence-corrected chi connectivity index (χ1v) is 10.1. The zero-order chi connectivity index (χ0) is 19.2. The standard InChI is InChI=1S/C22H31NO4/c1-21(2)14-12-16-19(15-6-4-5-7-17(15)24)27-11-9-22(16,13-14)20(21)23-18(25)8-10-26-3/h4-7,14,16,19-20,24H,8-13H2,1-3H3,(H,23,25)/t14-,16-,19-,20+,22?/m1/s1. The highest BCUT2D eigenvalue weighted by Crippen LogP contribution is 2.70. The molecule has 1 saturated heterocycles. The molecule has 1 unspecified atom stereocenters. The van der Waals surface area contributed by atoms with Crippen LogP contribution in [0.25, 0.3) is 0 Å². The number of aromatic hydroxyl groups is 1. The van der Waals surface area contributed by atoms with Crippen molar-refractivity contribution in [1.82, 2.24) is 5.32 Å². The zero-order valence-electron chi connectivity index (χ0n) is 16.5. The molecule has 0 aromatic heterocycles. The summed E-state index contributed by atoms with van der Waals surface area (Å²) in [6.45, 7) is 5.72. The van der Waals surface area contributed by atoms with E-state index in [1.54, 1.807) is 13.2 Å². The van der Waals surface area contributed by atoms with E-state index in [2.05, 4.69) is 19.2 Å². The number of rotatable bonds is 5. The summed E-state index contributed by atoms with van der Waals surface area (Å²) in [7, 11) is 1.62. The summed E-state index contributed by atoms with van der Waals surface area (Å²) in [5.74, 6) is 1.26. The van der Waals surface area contributed by atoms with Crippen molar-refractivity contribution >= 4 is 5.91 Å². The number of carbonyl (C=O) groups is 1. The maximum Gasteiger partial charge on any atom is 0.222 e. The van der Waals surface area contributed by atoms with Gasteiger partial charge in [0.15, 0.2) is 0 Å². The van der Waals surface area contributed by atoms with Crippen LogP contribution in [0.5, 0.6) is 5.75 Å². The Morgan fingerprint density at radius 2 is 2.15 bits per heavy atom. The van der Waals surface area contributed by atoms with E-state index in [9.17, 15) is 9.90 Å². The number of ether oxygens (including phenoxy) is 2. The predicted molar refractivity (Wildman–Crippen MR) is 102 cm³/mol. The quantitative estimate of drug-likeness (QED) is 0.830. The van der Waals surface area contributed by atoms with E-state index in [4.69, 9.17) is 9.47 Å². The van der Waals surface area contributed by atoms with Gasteiger partial charge in [0, 0.05) is 31.7 Å². The summed E-state index contributed by atoms with van der Waals surface area (Å²) < 4.78 is 11.3. The first-order valence-electron chi connectivity index (χ1n) is 10.1. The fourth-order valence-corrected chi connectivity index (χ4v) is 6.25. The SMILES string of the molecule is COCCC(=O)N[C@H]1C(C)(C)[C@@H]2C[C@@H]3[C@@H](c4ccccc4O)OCCC31C2. The Balaban J connectivity index is 1.64. The number of carbonyl (C=O) groups excluding carboxylic acids is 1. The summed E-state index contributed by atoms with van der Waals surface area (Å²) in [6, 6.07) is 7.65. The molecule has 1 aliphatic heterocycles. The Hall–Kier alpha value is -1.59. The second-order valence-corrected chi connectivity index (χ2v) is 9.14. The molecular weight excluding hydrogens is 342 g/mol. The second kappa shape index (κ2) is 6.78. The Kier molecular flexibility index (Phi) is 4.71. The van der Waals surface area contributed by atoms with Gasteiger partial charge >= 0.3 is 0 Å². The maximum absolute atomic E-state index is 12.5. The number of para-hydroxylation sites is 1. The van der Waals surface area contributed by atoms with Crippen molar-refractivity contribution in [2.24, 2.45) is 22.7 Å². The maximum atomic E-state index is 12.5. The van der Waals surface area contributed by atoms with Gasteiger partial charge in [-0.1, -0.05) is 32.0 Å². The van der Waals surface area contributed by atoms with E-state index in [0.29, 0.717) is 37.2 Å². The molecule has 1 spiro atoms. The van der Waals surface area contributed by atoms with Gasteiger partial charge < -0.3 is 19.9 Å². The largest absolute Gasteiger partial charge is 0.508 e. The summed E-state index contributed by atoms with van der Waals surface area (Å²) in [6.07, 6.45) is 3.49. The third kappa shape index (κ3) is 2.87. The van der Waals surface area contributed by atoms with Crippen LogP contribution >= 0.6 is 0 Å². The molecule has 1 aromatic rings. The van der Waals surface area contributed by atoms with Crippen molar-refractivity contribution in [1.29, 1.82) is 0 Å². The molecule has 4 rings (SSSR count). The van der Waals surface area contributed by atoms with E-state index in [1.165, 1.54) is 0 Å². The molecular formula is C22H31NO4. The van der Waals surface area contributed by atoms with Crippen molar-refractivity contribution in [2.45, 2.75) is 51.7 Å². The van der Waals surface area contributed by atoms with E-state index < -0.39 is 0 Å². The number of methoxy groups -OCH3 is 1. The van der Waals surface area contributed by atoms with E-state index in [1.807, 2.05) is 18.2 Å². The molecule has 27 heavy (non-hydrogen) atoms. The molecule has 2 N–H and O–H groups in total. The lowest BCUT2D eigenvalue weighted by Crippen LogP contribution is -2.59. The monoisotopic (exact) mass is 373 g/mol. The van der Waals surface area contributed by atoms with E-state index in [0.717, 1.165) is 24.8 Å². The number of phenols is 1. The van der Waals surface area contributed by atoms with Crippen LogP contribution in [0.4, 0.5) is 0 Å². The number of phenolic OH excluding ortho intramolecular Hbond substituents is 1. The fraction of sp³-hybridized carbons (Fsp3) is 0.682. The van der Waals surface area contributed by atoms with Gasteiger partial charge in [0.05, 0.1) is 12.7 Å². The highest BCUT2D eigenvalue weighted by molar-refractivity contribution is 5.76. The van der Waals surface area contributed by atoms with Crippen LogP contribution in [-0.4, -0.2) is 37.4 Å². The molecule has 1 heterocycles. The number of nitrogens with one attached hydrogen (secondary N) is 1. The highest BCUT2D eigenvalue weighted by Gasteiger charge is 2.68. The van der Waals surface area contributed by atoms with Gasteiger partial charge in [-0.05, 0) is 48.0 Å². The summed E-state index contributed by atoms with van der Waals surface area (Å²) in [5.41, 5.74) is 0.999. The lowest BCUT2D eigenvalue weighted by Gasteiger charge is -2.53. The lowest BCUT2D eigenvalue weighted by molar-refractivity contribution is -0.138. The van der Waals surface area contributed by atoms with Crippen LogP contribution in [0.15, 0.2) is 24.3 Å². The van der Waals surface area contributed by atoms with Crippen LogP contribution in [0, 0.1) is 22.7 Å². The van der Waals surface area contributed by atoms with Crippen molar-refractivity contribution in [2.75, 3.05) is 20.3 Å². The minimum atomic E-state index is -0.0978. The van der Waals surface area contributed by atoms with Crippen LogP contribution in [0.2, 0.25) is 0 Å². The Morgan fingerprint density at radius 1 is 1.37 bits per heavy atom. The average Bonchev–Trinajstić information content (AvgIpc) is 3.13. The molecule has 5 atom stereocenters. The number of amides is 1. The molecule has 148 valence electrons. The number of hydrogen-bond donors (Lipinski definition) is 2. The first-order chi connectivity index (χ1) is 12.9. The van der Waals surface area contributed by atoms with Crippen LogP contribution in [0.3, 0.4) is 0 Å². The normalized spacial score (nSPS) is 36.4. The van der Waals surface area contributed by atoms with E-state index >= 15 is 0 Å². The van der Waals surface area contributed by atoms with Crippen LogP contribution in [-0.2, 0) is 14.3 Å². The van der Waals surface area contributed by atoms with Crippen molar-refractivity contribution in [3.63, 3.8) is 0 Å². The molecule has 1 amide bonds. The van der Waals surface area contributed by atoms with Crippen LogP contribution < -0.4 is 5.32 Å². The van der Waals surface area contributed by atoms with Gasteiger partial charge in [-0.25, -0.2) is 0 Å². The minimum Gasteiger partial charge on any atom is -0.508 e. The summed E-state index contributed by atoms with van der Waals surface area (Å²) >= 11 is 0. The molecule has 3 aliphatic rings. The molecule has 2 bridgehead atoms. The second-order valence-electron chi connectivity index (χ2n) is 9.14. The summed E-state index contributed by atoms with van der Waals surface area (Å²) in [4.78, 5) is 12.5. The number of hydrogen-bond acceptors (Lipinski definition) is 4. The Labute approximate surface area is 161 Å². The van der Waals surface area contributed by atoms with Gasteiger partial charge in [-0.15, -0.1) is 0 Å². The Bertz CT molecular complexity index is 718. The van der Waals surface area contributed by atoms with Gasteiger partial charge in [-0.3, -0.25) is 4.79 Å². The average molecular weight is 373 g/mol. The molecule has 5 heteroatoms. The van der Waals surface area contributed by atoms with Gasteiger partial charge in [-0.2, -0.15) is 0 Å².